The lowest BCUT2D eigenvalue weighted by atomic mass is 10.0. The van der Waals surface area contributed by atoms with Crippen molar-refractivity contribution in [1.29, 1.82) is 0 Å². The standard InChI is InChI=1S/C12H24N2O2/c1-9-6-7-13(5)10(8-15)11(16)14(9)12(2,3)4/h9-10,15H,6-8H2,1-5H3. The summed E-state index contributed by atoms with van der Waals surface area (Å²) in [6.45, 7) is 8.96. The average molecular weight is 228 g/mol. The van der Waals surface area contributed by atoms with Crippen molar-refractivity contribution >= 4 is 5.91 Å². The number of carbonyl (C=O) groups excluding carboxylic acids is 1. The van der Waals surface area contributed by atoms with Crippen molar-refractivity contribution in [2.24, 2.45) is 0 Å². The molecule has 1 heterocycles. The largest absolute Gasteiger partial charge is 0.394 e. The molecule has 1 N–H and O–H groups in total. The molecule has 0 saturated carbocycles. The van der Waals surface area contributed by atoms with E-state index in [1.54, 1.807) is 0 Å². The monoisotopic (exact) mass is 228 g/mol. The van der Waals surface area contributed by atoms with Crippen LogP contribution in [0.15, 0.2) is 0 Å². The van der Waals surface area contributed by atoms with E-state index in [4.69, 9.17) is 0 Å². The quantitative estimate of drug-likeness (QED) is 0.718. The Morgan fingerprint density at radius 1 is 1.44 bits per heavy atom. The topological polar surface area (TPSA) is 43.8 Å². The van der Waals surface area contributed by atoms with Crippen LogP contribution in [0.1, 0.15) is 34.1 Å². The summed E-state index contributed by atoms with van der Waals surface area (Å²) >= 11 is 0. The van der Waals surface area contributed by atoms with Gasteiger partial charge in [-0.1, -0.05) is 0 Å². The molecule has 1 aliphatic rings. The maximum absolute atomic E-state index is 12.4. The van der Waals surface area contributed by atoms with Crippen LogP contribution in [0.25, 0.3) is 0 Å². The van der Waals surface area contributed by atoms with Gasteiger partial charge in [0.25, 0.3) is 0 Å². The normalized spacial score (nSPS) is 29.4. The SMILES string of the molecule is CC1CCN(C)C(CO)C(=O)N1C(C)(C)C. The van der Waals surface area contributed by atoms with Crippen molar-refractivity contribution in [3.63, 3.8) is 0 Å². The number of aliphatic hydroxyl groups is 1. The number of rotatable bonds is 1. The second-order valence-corrected chi connectivity index (χ2v) is 5.70. The Labute approximate surface area is 98.2 Å². The summed E-state index contributed by atoms with van der Waals surface area (Å²) < 4.78 is 0. The van der Waals surface area contributed by atoms with E-state index in [-0.39, 0.29) is 30.1 Å². The highest BCUT2D eigenvalue weighted by Crippen LogP contribution is 2.24. The summed E-state index contributed by atoms with van der Waals surface area (Å²) in [5, 5.41) is 9.34. The molecule has 1 rings (SSSR count). The molecule has 4 heteroatoms. The summed E-state index contributed by atoms with van der Waals surface area (Å²) in [5.74, 6) is 0.0440. The second-order valence-electron chi connectivity index (χ2n) is 5.70. The van der Waals surface area contributed by atoms with Gasteiger partial charge in [-0.15, -0.1) is 0 Å². The first kappa shape index (κ1) is 13.5. The lowest BCUT2D eigenvalue weighted by molar-refractivity contribution is -0.143. The third-order valence-corrected chi connectivity index (χ3v) is 3.29. The fourth-order valence-electron chi connectivity index (χ4n) is 2.45. The number of aliphatic hydroxyl groups excluding tert-OH is 1. The summed E-state index contributed by atoms with van der Waals surface area (Å²) in [6.07, 6.45) is 0.954. The predicted octanol–water partition coefficient (Wildman–Crippen LogP) is 0.698. The van der Waals surface area contributed by atoms with Gasteiger partial charge in [0, 0.05) is 18.1 Å². The molecule has 1 amide bonds. The second kappa shape index (κ2) is 4.72. The van der Waals surface area contributed by atoms with Crippen molar-refractivity contribution in [3.05, 3.63) is 0 Å². The summed E-state index contributed by atoms with van der Waals surface area (Å²) in [5.41, 5.74) is -0.185. The van der Waals surface area contributed by atoms with E-state index in [1.165, 1.54) is 0 Å². The fraction of sp³-hybridized carbons (Fsp3) is 0.917. The van der Waals surface area contributed by atoms with Crippen LogP contribution in [0, 0.1) is 0 Å². The van der Waals surface area contributed by atoms with E-state index < -0.39 is 0 Å². The summed E-state index contributed by atoms with van der Waals surface area (Å²) in [4.78, 5) is 16.2. The van der Waals surface area contributed by atoms with Crippen molar-refractivity contribution in [2.75, 3.05) is 20.2 Å². The first-order valence-electron chi connectivity index (χ1n) is 5.93. The highest BCUT2D eigenvalue weighted by molar-refractivity contribution is 5.83. The minimum Gasteiger partial charge on any atom is -0.394 e. The molecule has 4 nitrogen and oxygen atoms in total. The first-order valence-corrected chi connectivity index (χ1v) is 5.93. The zero-order valence-corrected chi connectivity index (χ0v) is 11.0. The van der Waals surface area contributed by atoms with Gasteiger partial charge >= 0.3 is 0 Å². The van der Waals surface area contributed by atoms with Gasteiger partial charge in [-0.25, -0.2) is 0 Å². The van der Waals surface area contributed by atoms with Crippen molar-refractivity contribution in [3.8, 4) is 0 Å². The molecule has 16 heavy (non-hydrogen) atoms. The van der Waals surface area contributed by atoms with Crippen LogP contribution in [0.4, 0.5) is 0 Å². The van der Waals surface area contributed by atoms with E-state index in [0.29, 0.717) is 0 Å². The zero-order chi connectivity index (χ0) is 12.5. The van der Waals surface area contributed by atoms with Gasteiger partial charge in [0.1, 0.15) is 6.04 Å². The predicted molar refractivity (Wildman–Crippen MR) is 64.2 cm³/mol. The maximum Gasteiger partial charge on any atom is 0.242 e. The van der Waals surface area contributed by atoms with Crippen molar-refractivity contribution in [1.82, 2.24) is 9.80 Å². The molecule has 94 valence electrons. The highest BCUT2D eigenvalue weighted by atomic mass is 16.3. The van der Waals surface area contributed by atoms with Gasteiger partial charge in [0.05, 0.1) is 6.61 Å². The third-order valence-electron chi connectivity index (χ3n) is 3.29. The van der Waals surface area contributed by atoms with Crippen LogP contribution in [-0.2, 0) is 4.79 Å². The maximum atomic E-state index is 12.4. The number of nitrogens with zero attached hydrogens (tertiary/aromatic N) is 2. The minimum atomic E-state index is -0.385. The van der Waals surface area contributed by atoms with Crippen molar-refractivity contribution < 1.29 is 9.90 Å². The number of hydrogen-bond acceptors (Lipinski definition) is 3. The Hall–Kier alpha value is -0.610. The third kappa shape index (κ3) is 2.55. The van der Waals surface area contributed by atoms with Crippen LogP contribution >= 0.6 is 0 Å². The zero-order valence-electron chi connectivity index (χ0n) is 11.0. The number of carbonyl (C=O) groups is 1. The van der Waals surface area contributed by atoms with E-state index >= 15 is 0 Å². The van der Waals surface area contributed by atoms with Gasteiger partial charge in [-0.2, -0.15) is 0 Å². The molecule has 1 saturated heterocycles. The molecule has 0 radical (unpaired) electrons. The molecule has 0 aliphatic carbocycles. The van der Waals surface area contributed by atoms with Gasteiger partial charge in [0.15, 0.2) is 0 Å². The molecule has 2 atom stereocenters. The molecule has 0 aromatic carbocycles. The Bertz CT molecular complexity index is 260. The smallest absolute Gasteiger partial charge is 0.242 e. The lowest BCUT2D eigenvalue weighted by Gasteiger charge is -2.40. The molecule has 1 aliphatic heterocycles. The number of likely N-dealkylation sites (N-methyl/N-ethyl adjacent to an activating group) is 1. The van der Waals surface area contributed by atoms with Crippen LogP contribution in [0.2, 0.25) is 0 Å². The summed E-state index contributed by atoms with van der Waals surface area (Å²) in [7, 11) is 1.90. The highest BCUT2D eigenvalue weighted by Gasteiger charge is 2.38. The summed E-state index contributed by atoms with van der Waals surface area (Å²) in [6, 6.07) is -0.157. The molecular formula is C12H24N2O2. The van der Waals surface area contributed by atoms with E-state index in [1.807, 2.05) is 37.6 Å². The molecule has 0 aromatic heterocycles. The van der Waals surface area contributed by atoms with Crippen LogP contribution in [0.3, 0.4) is 0 Å². The Balaban J connectivity index is 3.01. The van der Waals surface area contributed by atoms with Gasteiger partial charge in [-0.05, 0) is 41.2 Å². The molecule has 0 aromatic rings. The first-order chi connectivity index (χ1) is 7.29. The van der Waals surface area contributed by atoms with Crippen molar-refractivity contribution in [2.45, 2.75) is 51.7 Å². The van der Waals surface area contributed by atoms with Gasteiger partial charge < -0.3 is 10.0 Å². The molecule has 1 fully saturated rings. The number of amides is 1. The molecule has 2 unspecified atom stereocenters. The Morgan fingerprint density at radius 2 is 2.00 bits per heavy atom. The fourth-order valence-corrected chi connectivity index (χ4v) is 2.45. The molecule has 0 spiro atoms. The van der Waals surface area contributed by atoms with E-state index in [2.05, 4.69) is 6.92 Å². The number of hydrogen-bond donors (Lipinski definition) is 1. The Kier molecular flexibility index (Phi) is 3.97. The van der Waals surface area contributed by atoms with Crippen LogP contribution in [0.5, 0.6) is 0 Å². The van der Waals surface area contributed by atoms with Crippen LogP contribution in [-0.4, -0.2) is 58.6 Å². The van der Waals surface area contributed by atoms with Gasteiger partial charge in [0.2, 0.25) is 5.91 Å². The van der Waals surface area contributed by atoms with Gasteiger partial charge in [-0.3, -0.25) is 9.69 Å². The lowest BCUT2D eigenvalue weighted by Crippen LogP contribution is -2.55. The van der Waals surface area contributed by atoms with Crippen LogP contribution < -0.4 is 0 Å². The Morgan fingerprint density at radius 3 is 2.44 bits per heavy atom. The molecular weight excluding hydrogens is 204 g/mol. The molecule has 0 bridgehead atoms. The van der Waals surface area contributed by atoms with E-state index in [9.17, 15) is 9.90 Å². The minimum absolute atomic E-state index is 0.0440. The average Bonchev–Trinajstić information content (AvgIpc) is 2.23. The van der Waals surface area contributed by atoms with E-state index in [0.717, 1.165) is 13.0 Å².